The monoisotopic (exact) mass is 335 g/mol. The smallest absolute Gasteiger partial charge is 0.337 e. The van der Waals surface area contributed by atoms with E-state index in [-0.39, 0.29) is 0 Å². The molecule has 6 nitrogen and oxygen atoms in total. The van der Waals surface area contributed by atoms with E-state index in [4.69, 9.17) is 4.74 Å². The zero-order chi connectivity index (χ0) is 15.9. The van der Waals surface area contributed by atoms with Crippen LogP contribution in [0.5, 0.6) is 0 Å². The van der Waals surface area contributed by atoms with Gasteiger partial charge in [-0.15, -0.1) is 23.5 Å². The summed E-state index contributed by atoms with van der Waals surface area (Å²) in [6, 6.07) is 0. The first-order valence-electron chi connectivity index (χ1n) is 6.75. The number of methoxy groups -OCH3 is 1. The van der Waals surface area contributed by atoms with Crippen LogP contribution >= 0.6 is 23.5 Å². The van der Waals surface area contributed by atoms with Crippen LogP contribution in [0.15, 0.2) is 0 Å². The predicted molar refractivity (Wildman–Crippen MR) is 82.0 cm³/mol. The minimum absolute atomic E-state index is 0.397. The molecule has 8 heteroatoms. The molecule has 1 amide bonds. The van der Waals surface area contributed by atoms with Crippen molar-refractivity contribution in [2.75, 3.05) is 25.2 Å². The fraction of sp³-hybridized carbons (Fsp3) is 0.846. The van der Waals surface area contributed by atoms with Crippen molar-refractivity contribution in [1.82, 2.24) is 5.32 Å². The maximum atomic E-state index is 12.3. The number of carbonyl (C=O) groups excluding carboxylic acids is 2. The average Bonchev–Trinajstić information content (AvgIpc) is 2.66. The topological polar surface area (TPSA) is 95.9 Å². The Hall–Kier alpha value is -0.440. The van der Waals surface area contributed by atoms with Crippen LogP contribution in [-0.4, -0.2) is 63.0 Å². The van der Waals surface area contributed by atoms with Gasteiger partial charge in [-0.05, 0) is 31.8 Å². The predicted octanol–water partition coefficient (Wildman–Crippen LogP) is -0.0262. The quantitative estimate of drug-likeness (QED) is 0.624. The van der Waals surface area contributed by atoms with Crippen molar-refractivity contribution in [1.29, 1.82) is 0 Å². The highest BCUT2D eigenvalue weighted by atomic mass is 32.2. The summed E-state index contributed by atoms with van der Waals surface area (Å²) in [5.41, 5.74) is -4.79. The van der Waals surface area contributed by atoms with E-state index < -0.39 is 39.6 Å². The molecule has 0 saturated carbocycles. The molecule has 2 rings (SSSR count). The first kappa shape index (κ1) is 16.9. The number of nitrogens with one attached hydrogen (secondary N) is 1. The highest BCUT2D eigenvalue weighted by Gasteiger charge is 2.75. The summed E-state index contributed by atoms with van der Waals surface area (Å²) in [6.45, 7) is 2.49. The van der Waals surface area contributed by atoms with Gasteiger partial charge in [0.05, 0.1) is 23.7 Å². The number of amides is 1. The third-order valence-corrected chi connectivity index (χ3v) is 7.59. The molecule has 0 spiro atoms. The first-order valence-corrected chi connectivity index (χ1v) is 8.85. The third-order valence-electron chi connectivity index (χ3n) is 4.44. The molecule has 0 aromatic carbocycles. The minimum atomic E-state index is -1.83. The highest BCUT2D eigenvalue weighted by molar-refractivity contribution is 8.17. The number of carbonyl (C=O) groups is 2. The number of esters is 1. The lowest BCUT2D eigenvalue weighted by Gasteiger charge is -2.48. The van der Waals surface area contributed by atoms with Crippen molar-refractivity contribution in [3.8, 4) is 0 Å². The van der Waals surface area contributed by atoms with Crippen molar-refractivity contribution in [3.63, 3.8) is 0 Å². The van der Waals surface area contributed by atoms with Crippen LogP contribution in [0.2, 0.25) is 0 Å². The molecule has 2 atom stereocenters. The highest BCUT2D eigenvalue weighted by Crippen LogP contribution is 2.55. The van der Waals surface area contributed by atoms with E-state index in [1.165, 1.54) is 30.6 Å². The first-order chi connectivity index (χ1) is 9.78. The Bertz CT molecular complexity index is 452. The molecule has 3 N–H and O–H groups in total. The Balaban J connectivity index is 2.57. The van der Waals surface area contributed by atoms with Gasteiger partial charge >= 0.3 is 5.97 Å². The molecule has 2 aliphatic heterocycles. The summed E-state index contributed by atoms with van der Waals surface area (Å²) < 4.78 is 4.37. The van der Waals surface area contributed by atoms with Crippen LogP contribution in [0.25, 0.3) is 0 Å². The molecule has 120 valence electrons. The van der Waals surface area contributed by atoms with E-state index >= 15 is 0 Å². The summed E-state index contributed by atoms with van der Waals surface area (Å²) in [6.07, 6.45) is 1.01. The van der Waals surface area contributed by atoms with Gasteiger partial charge in [-0.3, -0.25) is 4.79 Å². The van der Waals surface area contributed by atoms with Crippen molar-refractivity contribution < 1.29 is 24.5 Å². The Morgan fingerprint density at radius 2 is 2.00 bits per heavy atom. The van der Waals surface area contributed by atoms with Gasteiger partial charge in [0.15, 0.2) is 5.54 Å². The number of rotatable bonds is 3. The lowest BCUT2D eigenvalue weighted by Crippen LogP contribution is -2.71. The zero-order valence-electron chi connectivity index (χ0n) is 12.3. The zero-order valence-corrected chi connectivity index (χ0v) is 14.0. The van der Waals surface area contributed by atoms with Gasteiger partial charge < -0.3 is 20.3 Å². The Labute approximate surface area is 132 Å². The van der Waals surface area contributed by atoms with E-state index in [2.05, 4.69) is 5.32 Å². The summed E-state index contributed by atoms with van der Waals surface area (Å²) in [5, 5.41) is 23.8. The molecule has 2 fully saturated rings. The molecule has 2 aliphatic rings. The van der Waals surface area contributed by atoms with Crippen LogP contribution in [0, 0.1) is 5.41 Å². The lowest BCUT2D eigenvalue weighted by atomic mass is 9.68. The van der Waals surface area contributed by atoms with Crippen LogP contribution in [0.3, 0.4) is 0 Å². The van der Waals surface area contributed by atoms with Gasteiger partial charge in [0.2, 0.25) is 5.91 Å². The molecule has 0 aromatic rings. The maximum absolute atomic E-state index is 12.3. The molecule has 0 unspecified atom stereocenters. The number of aliphatic hydroxyl groups excluding tert-OH is 1. The van der Waals surface area contributed by atoms with E-state index in [0.29, 0.717) is 0 Å². The number of ether oxygens (including phenoxy) is 1. The second-order valence-corrected chi connectivity index (χ2v) is 8.55. The minimum Gasteiger partial charge on any atom is -0.467 e. The number of aliphatic hydroxyl groups is 2. The van der Waals surface area contributed by atoms with Gasteiger partial charge in [0, 0.05) is 0 Å². The van der Waals surface area contributed by atoms with Crippen molar-refractivity contribution >= 4 is 35.4 Å². The molecule has 2 heterocycles. The van der Waals surface area contributed by atoms with Gasteiger partial charge in [-0.1, -0.05) is 0 Å². The number of hydrogen-bond donors (Lipinski definition) is 3. The molecule has 0 aliphatic carbocycles. The fourth-order valence-corrected chi connectivity index (χ4v) is 6.65. The van der Waals surface area contributed by atoms with Crippen LogP contribution < -0.4 is 5.32 Å². The number of hydrogen-bond acceptors (Lipinski definition) is 7. The SMILES string of the molecule is COC(=O)[C@]1(CO)NC(=O)C(C)(C)[C@@]1(O)C1SCCCS1. The van der Waals surface area contributed by atoms with Crippen LogP contribution in [0.1, 0.15) is 20.3 Å². The molecule has 2 saturated heterocycles. The molecule has 21 heavy (non-hydrogen) atoms. The summed E-state index contributed by atoms with van der Waals surface area (Å²) in [5.74, 6) is 0.397. The Morgan fingerprint density at radius 1 is 1.43 bits per heavy atom. The number of thioether (sulfide) groups is 2. The molecule has 0 radical (unpaired) electrons. The van der Waals surface area contributed by atoms with E-state index in [1.807, 2.05) is 0 Å². The fourth-order valence-electron chi connectivity index (χ4n) is 2.98. The van der Waals surface area contributed by atoms with Crippen LogP contribution in [0.4, 0.5) is 0 Å². The second kappa shape index (κ2) is 5.64. The molecular weight excluding hydrogens is 314 g/mol. The van der Waals surface area contributed by atoms with Gasteiger partial charge in [-0.2, -0.15) is 0 Å². The maximum Gasteiger partial charge on any atom is 0.337 e. The molecule has 0 bridgehead atoms. The van der Waals surface area contributed by atoms with Gasteiger partial charge in [0.1, 0.15) is 5.60 Å². The average molecular weight is 335 g/mol. The van der Waals surface area contributed by atoms with E-state index in [0.717, 1.165) is 17.9 Å². The standard InChI is InChI=1S/C13H21NO5S2/c1-11(2)8(16)14-12(7-15,9(17)19-3)13(11,18)10-20-5-4-6-21-10/h10,15,18H,4-7H2,1-3H3,(H,14,16)/t12-,13-/m0/s1. The Kier molecular flexibility index (Phi) is 4.55. The van der Waals surface area contributed by atoms with E-state index in [9.17, 15) is 19.8 Å². The van der Waals surface area contributed by atoms with Crippen molar-refractivity contribution in [2.24, 2.45) is 5.41 Å². The normalized spacial score (nSPS) is 36.3. The summed E-state index contributed by atoms with van der Waals surface area (Å²) >= 11 is 3.02. The largest absolute Gasteiger partial charge is 0.467 e. The van der Waals surface area contributed by atoms with E-state index in [1.54, 1.807) is 13.8 Å². The Morgan fingerprint density at radius 3 is 2.48 bits per heavy atom. The lowest BCUT2D eigenvalue weighted by molar-refractivity contribution is -0.167. The molecular formula is C13H21NO5S2. The van der Waals surface area contributed by atoms with Gasteiger partial charge in [0.25, 0.3) is 0 Å². The van der Waals surface area contributed by atoms with Crippen LogP contribution in [-0.2, 0) is 14.3 Å². The summed E-state index contributed by atoms with van der Waals surface area (Å²) in [7, 11) is 1.18. The van der Waals surface area contributed by atoms with Crippen molar-refractivity contribution in [2.45, 2.75) is 36.0 Å². The third kappa shape index (κ3) is 2.10. The summed E-state index contributed by atoms with van der Waals surface area (Å²) in [4.78, 5) is 24.6. The molecule has 0 aromatic heterocycles. The van der Waals surface area contributed by atoms with Crippen molar-refractivity contribution in [3.05, 3.63) is 0 Å². The van der Waals surface area contributed by atoms with Gasteiger partial charge in [-0.25, -0.2) is 4.79 Å². The second-order valence-electron chi connectivity index (χ2n) is 5.83.